The minimum atomic E-state index is -0.179. The maximum Gasteiger partial charge on any atom is 0.232 e. The molecule has 0 bridgehead atoms. The summed E-state index contributed by atoms with van der Waals surface area (Å²) in [4.78, 5) is 21.8. The lowest BCUT2D eigenvalue weighted by molar-refractivity contribution is -0.130. The maximum atomic E-state index is 10.9. The van der Waals surface area contributed by atoms with Crippen molar-refractivity contribution >= 4 is 37.4 Å². The molecule has 0 heterocycles. The fourth-order valence-electron chi connectivity index (χ4n) is 0.537. The van der Waals surface area contributed by atoms with Gasteiger partial charge in [0.2, 0.25) is 11.8 Å². The molecule has 0 atom stereocenters. The summed E-state index contributed by atoms with van der Waals surface area (Å²) in [5, 5.41) is 0. The van der Waals surface area contributed by atoms with E-state index >= 15 is 0 Å². The van der Waals surface area contributed by atoms with Crippen LogP contribution >= 0.6 is 25.6 Å². The van der Waals surface area contributed by atoms with Gasteiger partial charge in [0, 0.05) is 26.9 Å². The third kappa shape index (κ3) is 4.50. The van der Waals surface area contributed by atoms with Gasteiger partial charge in [-0.15, -0.1) is 0 Å². The van der Waals surface area contributed by atoms with Crippen LogP contribution in [0.25, 0.3) is 0 Å². The number of nitrogens with zero attached hydrogens (tertiary/aromatic N) is 2. The molecule has 0 aromatic carbocycles. The topological polar surface area (TPSA) is 40.6 Å². The average molecular weight is 208 g/mol. The van der Waals surface area contributed by atoms with Gasteiger partial charge in [-0.05, 0) is 0 Å². The van der Waals surface area contributed by atoms with Gasteiger partial charge in [-0.3, -0.25) is 18.2 Å². The molecule has 0 spiro atoms. The van der Waals surface area contributed by atoms with Crippen LogP contribution in [0.3, 0.4) is 0 Å². The van der Waals surface area contributed by atoms with E-state index in [4.69, 9.17) is 0 Å². The Hall–Kier alpha value is -0.360. The summed E-state index contributed by atoms with van der Waals surface area (Å²) in [6.45, 7) is 0. The quantitative estimate of drug-likeness (QED) is 0.658. The van der Waals surface area contributed by atoms with Crippen molar-refractivity contribution in [3.8, 4) is 0 Å². The second-order valence-corrected chi connectivity index (χ2v) is 3.53. The number of amides is 2. The van der Waals surface area contributed by atoms with Crippen LogP contribution in [0.5, 0.6) is 0 Å². The van der Waals surface area contributed by atoms with Gasteiger partial charge in [-0.1, -0.05) is 25.6 Å². The van der Waals surface area contributed by atoms with Crippen molar-refractivity contribution < 1.29 is 9.59 Å². The molecule has 0 rings (SSSR count). The van der Waals surface area contributed by atoms with Crippen LogP contribution in [0.1, 0.15) is 12.8 Å². The molecule has 6 heteroatoms. The monoisotopic (exact) mass is 208 g/mol. The lowest BCUT2D eigenvalue weighted by atomic mass is 10.3. The molecule has 12 heavy (non-hydrogen) atoms. The summed E-state index contributed by atoms with van der Waals surface area (Å²) in [6, 6.07) is 0. The van der Waals surface area contributed by atoms with Crippen LogP contribution in [0.2, 0.25) is 0 Å². The minimum absolute atomic E-state index is 0.170. The highest BCUT2D eigenvalue weighted by Crippen LogP contribution is 2.01. The summed E-state index contributed by atoms with van der Waals surface area (Å²) in [6.07, 6.45) is 0.341. The largest absolute Gasteiger partial charge is 0.292 e. The summed E-state index contributed by atoms with van der Waals surface area (Å²) in [5.41, 5.74) is 0. The van der Waals surface area contributed by atoms with Crippen LogP contribution in [-0.2, 0) is 9.59 Å². The summed E-state index contributed by atoms with van der Waals surface area (Å²) < 4.78 is 2.32. The molecule has 0 saturated heterocycles. The van der Waals surface area contributed by atoms with E-state index in [1.54, 1.807) is 0 Å². The van der Waals surface area contributed by atoms with E-state index < -0.39 is 0 Å². The number of rotatable bonds is 3. The Morgan fingerprint density at radius 2 is 1.25 bits per heavy atom. The van der Waals surface area contributed by atoms with Gasteiger partial charge in [-0.2, -0.15) is 0 Å². The molecule has 0 aliphatic rings. The maximum absolute atomic E-state index is 10.9. The molecule has 0 N–H and O–H groups in total. The predicted octanol–water partition coefficient (Wildman–Crippen LogP) is 0.373. The molecule has 0 aliphatic carbocycles. The molecule has 0 aliphatic heterocycles. The third-order valence-electron chi connectivity index (χ3n) is 1.27. The lowest BCUT2D eigenvalue weighted by Gasteiger charge is -2.10. The number of carbonyl (C=O) groups excluding carboxylic acids is 2. The Bertz CT molecular complexity index is 162. The lowest BCUT2D eigenvalue weighted by Crippen LogP contribution is -2.21. The van der Waals surface area contributed by atoms with Gasteiger partial charge in [0.1, 0.15) is 0 Å². The Balaban J connectivity index is 3.69. The molecule has 2 amide bonds. The molecular weight excluding hydrogens is 196 g/mol. The number of carbonyl (C=O) groups is 2. The third-order valence-corrected chi connectivity index (χ3v) is 1.72. The van der Waals surface area contributed by atoms with Crippen LogP contribution in [0.4, 0.5) is 0 Å². The van der Waals surface area contributed by atoms with Crippen molar-refractivity contribution in [2.75, 3.05) is 14.1 Å². The predicted molar refractivity (Wildman–Crippen MR) is 52.7 cm³/mol. The van der Waals surface area contributed by atoms with Crippen molar-refractivity contribution in [3.05, 3.63) is 0 Å². The second-order valence-electron chi connectivity index (χ2n) is 2.33. The number of hydrogen-bond acceptors (Lipinski definition) is 4. The molecule has 0 radical (unpaired) electrons. The zero-order chi connectivity index (χ0) is 9.72. The number of hydrogen-bond donors (Lipinski definition) is 2. The Morgan fingerprint density at radius 3 is 1.42 bits per heavy atom. The molecule has 0 aromatic heterocycles. The fourth-order valence-corrected chi connectivity index (χ4v) is 0.737. The molecule has 0 aromatic rings. The van der Waals surface area contributed by atoms with Gasteiger partial charge < -0.3 is 0 Å². The minimum Gasteiger partial charge on any atom is -0.292 e. The van der Waals surface area contributed by atoms with E-state index in [0.29, 0.717) is 0 Å². The first-order valence-corrected chi connectivity index (χ1v) is 4.16. The van der Waals surface area contributed by atoms with Crippen molar-refractivity contribution in [1.29, 1.82) is 0 Å². The second kappa shape index (κ2) is 5.31. The molecule has 70 valence electrons. The Morgan fingerprint density at radius 1 is 1.00 bits per heavy atom. The van der Waals surface area contributed by atoms with Crippen LogP contribution in [0.15, 0.2) is 0 Å². The molecule has 0 fully saturated rings. The molecular formula is C6H12N2O2S2. The normalized spacial score (nSPS) is 9.33. The molecule has 0 unspecified atom stereocenters. The Kier molecular flexibility index (Phi) is 5.16. The van der Waals surface area contributed by atoms with Gasteiger partial charge in [0.15, 0.2) is 0 Å². The molecule has 4 nitrogen and oxygen atoms in total. The standard InChI is InChI=1S/C6H12N2O2S2/c1-7(11)5(9)3-4-6(10)8(2)12/h11-12H,3-4H2,1-2H3. The number of thiol groups is 2. The van der Waals surface area contributed by atoms with E-state index in [1.807, 2.05) is 0 Å². The van der Waals surface area contributed by atoms with Crippen molar-refractivity contribution in [2.45, 2.75) is 12.8 Å². The zero-order valence-electron chi connectivity index (χ0n) is 7.02. The highest BCUT2D eigenvalue weighted by Gasteiger charge is 2.10. The first kappa shape index (κ1) is 11.6. The van der Waals surface area contributed by atoms with E-state index in [-0.39, 0.29) is 24.7 Å². The average Bonchev–Trinajstić information content (AvgIpc) is 1.98. The first-order valence-electron chi connectivity index (χ1n) is 3.36. The van der Waals surface area contributed by atoms with Crippen molar-refractivity contribution in [1.82, 2.24) is 8.61 Å². The van der Waals surface area contributed by atoms with Gasteiger partial charge in [0.05, 0.1) is 0 Å². The van der Waals surface area contributed by atoms with Crippen LogP contribution in [0, 0.1) is 0 Å². The van der Waals surface area contributed by atoms with E-state index in [1.165, 1.54) is 14.1 Å². The van der Waals surface area contributed by atoms with Crippen molar-refractivity contribution in [2.24, 2.45) is 0 Å². The van der Waals surface area contributed by atoms with Crippen LogP contribution < -0.4 is 0 Å². The SMILES string of the molecule is CN(S)C(=O)CCC(=O)N(C)S. The van der Waals surface area contributed by atoms with Gasteiger partial charge >= 0.3 is 0 Å². The first-order chi connectivity index (χ1) is 5.45. The summed E-state index contributed by atoms with van der Waals surface area (Å²) in [5.74, 6) is -0.358. The van der Waals surface area contributed by atoms with Gasteiger partial charge in [0.25, 0.3) is 0 Å². The van der Waals surface area contributed by atoms with Crippen LogP contribution in [-0.4, -0.2) is 34.5 Å². The van der Waals surface area contributed by atoms with E-state index in [9.17, 15) is 9.59 Å². The smallest absolute Gasteiger partial charge is 0.232 e. The molecule has 0 saturated carbocycles. The summed E-state index contributed by atoms with van der Waals surface area (Å²) >= 11 is 7.57. The van der Waals surface area contributed by atoms with E-state index in [2.05, 4.69) is 25.6 Å². The van der Waals surface area contributed by atoms with Gasteiger partial charge in [-0.25, -0.2) is 0 Å². The highest BCUT2D eigenvalue weighted by atomic mass is 32.1. The Labute approximate surface area is 83.0 Å². The summed E-state index contributed by atoms with van der Waals surface area (Å²) in [7, 11) is 3.06. The van der Waals surface area contributed by atoms with Crippen molar-refractivity contribution in [3.63, 3.8) is 0 Å². The fraction of sp³-hybridized carbons (Fsp3) is 0.667. The zero-order valence-corrected chi connectivity index (χ0v) is 8.81. The highest BCUT2D eigenvalue weighted by molar-refractivity contribution is 7.78. The van der Waals surface area contributed by atoms with E-state index in [0.717, 1.165) is 8.61 Å².